The Bertz CT molecular complexity index is 589. The Morgan fingerprint density at radius 2 is 2.05 bits per heavy atom. The fourth-order valence-corrected chi connectivity index (χ4v) is 1.90. The van der Waals surface area contributed by atoms with E-state index in [2.05, 4.69) is 0 Å². The molecule has 0 aliphatic carbocycles. The topological polar surface area (TPSA) is 38.7 Å². The maximum atomic E-state index is 13.5. The lowest BCUT2D eigenvalue weighted by Gasteiger charge is -2.13. The summed E-state index contributed by atoms with van der Waals surface area (Å²) in [7, 11) is 1.39. The van der Waals surface area contributed by atoms with Crippen LogP contribution in [0.15, 0.2) is 42.5 Å². The Balaban J connectivity index is 2.01. The molecule has 0 amide bonds. The molecule has 0 saturated heterocycles. The van der Waals surface area contributed by atoms with E-state index >= 15 is 0 Å². The van der Waals surface area contributed by atoms with Gasteiger partial charge in [-0.25, -0.2) is 4.39 Å². The van der Waals surface area contributed by atoms with Crippen LogP contribution in [0, 0.1) is 5.82 Å². The highest BCUT2D eigenvalue weighted by atomic mass is 35.5. The van der Waals surface area contributed by atoms with Gasteiger partial charge in [0.25, 0.3) is 0 Å². The van der Waals surface area contributed by atoms with Crippen LogP contribution in [0.1, 0.15) is 11.7 Å². The molecular formula is C15H14ClFO3. The van der Waals surface area contributed by atoms with Crippen LogP contribution in [0.5, 0.6) is 11.5 Å². The molecule has 0 bridgehead atoms. The van der Waals surface area contributed by atoms with Crippen LogP contribution in [0.4, 0.5) is 4.39 Å². The second kappa shape index (κ2) is 6.59. The Morgan fingerprint density at radius 1 is 1.25 bits per heavy atom. The molecule has 0 aliphatic rings. The second-order valence-corrected chi connectivity index (χ2v) is 4.61. The molecule has 0 saturated carbocycles. The number of aliphatic hydroxyl groups is 1. The second-order valence-electron chi connectivity index (χ2n) is 4.18. The Labute approximate surface area is 121 Å². The van der Waals surface area contributed by atoms with Gasteiger partial charge in [0, 0.05) is 5.02 Å². The number of hydrogen-bond donors (Lipinski definition) is 1. The van der Waals surface area contributed by atoms with Gasteiger partial charge in [-0.3, -0.25) is 0 Å². The lowest BCUT2D eigenvalue weighted by atomic mass is 10.1. The van der Waals surface area contributed by atoms with Crippen LogP contribution in [-0.4, -0.2) is 18.8 Å². The van der Waals surface area contributed by atoms with E-state index in [0.29, 0.717) is 16.3 Å². The first kappa shape index (κ1) is 14.6. The van der Waals surface area contributed by atoms with Crippen LogP contribution in [0.2, 0.25) is 5.02 Å². The van der Waals surface area contributed by atoms with Crippen molar-refractivity contribution in [3.63, 3.8) is 0 Å². The van der Waals surface area contributed by atoms with E-state index in [1.54, 1.807) is 30.3 Å². The van der Waals surface area contributed by atoms with Crippen molar-refractivity contribution in [3.8, 4) is 11.5 Å². The number of benzene rings is 2. The van der Waals surface area contributed by atoms with E-state index in [1.165, 1.54) is 19.2 Å². The predicted molar refractivity (Wildman–Crippen MR) is 74.9 cm³/mol. The number of aliphatic hydroxyl groups excluding tert-OH is 1. The van der Waals surface area contributed by atoms with Gasteiger partial charge >= 0.3 is 0 Å². The standard InChI is InChI=1S/C15H14ClFO3/c1-19-15-6-5-10(7-13(15)17)14(18)9-20-12-4-2-3-11(16)8-12/h2-8,14,18H,9H2,1H3. The molecule has 1 N–H and O–H groups in total. The highest BCUT2D eigenvalue weighted by Gasteiger charge is 2.12. The lowest BCUT2D eigenvalue weighted by molar-refractivity contribution is 0.108. The molecule has 2 aromatic carbocycles. The monoisotopic (exact) mass is 296 g/mol. The van der Waals surface area contributed by atoms with Crippen molar-refractivity contribution in [2.45, 2.75) is 6.10 Å². The van der Waals surface area contributed by atoms with Crippen molar-refractivity contribution in [2.75, 3.05) is 13.7 Å². The number of ether oxygens (including phenoxy) is 2. The summed E-state index contributed by atoms with van der Waals surface area (Å²) in [6.07, 6.45) is -0.936. The highest BCUT2D eigenvalue weighted by Crippen LogP contribution is 2.23. The molecule has 0 spiro atoms. The minimum atomic E-state index is -0.936. The van der Waals surface area contributed by atoms with Crippen LogP contribution < -0.4 is 9.47 Å². The Morgan fingerprint density at radius 3 is 2.70 bits per heavy atom. The van der Waals surface area contributed by atoms with Gasteiger partial charge in [-0.1, -0.05) is 23.7 Å². The minimum Gasteiger partial charge on any atom is -0.494 e. The first-order chi connectivity index (χ1) is 9.60. The minimum absolute atomic E-state index is 0.00606. The van der Waals surface area contributed by atoms with Crippen molar-refractivity contribution in [1.82, 2.24) is 0 Å². The normalized spacial score (nSPS) is 12.0. The number of rotatable bonds is 5. The summed E-state index contributed by atoms with van der Waals surface area (Å²) in [5, 5.41) is 10.5. The van der Waals surface area contributed by atoms with Crippen molar-refractivity contribution in [3.05, 3.63) is 58.9 Å². The molecule has 0 heterocycles. The first-order valence-electron chi connectivity index (χ1n) is 6.00. The molecule has 0 radical (unpaired) electrons. The molecule has 0 aromatic heterocycles. The SMILES string of the molecule is COc1ccc(C(O)COc2cccc(Cl)c2)cc1F. The first-order valence-corrected chi connectivity index (χ1v) is 6.38. The van der Waals surface area contributed by atoms with Crippen LogP contribution in [0.25, 0.3) is 0 Å². The van der Waals surface area contributed by atoms with Crippen LogP contribution in [-0.2, 0) is 0 Å². The quantitative estimate of drug-likeness (QED) is 0.916. The van der Waals surface area contributed by atoms with Crippen LogP contribution >= 0.6 is 11.6 Å². The zero-order chi connectivity index (χ0) is 14.5. The zero-order valence-electron chi connectivity index (χ0n) is 10.8. The van der Waals surface area contributed by atoms with Crippen molar-refractivity contribution in [1.29, 1.82) is 0 Å². The van der Waals surface area contributed by atoms with Crippen LogP contribution in [0.3, 0.4) is 0 Å². The van der Waals surface area contributed by atoms with E-state index in [4.69, 9.17) is 21.1 Å². The van der Waals surface area contributed by atoms with E-state index in [0.717, 1.165) is 0 Å². The maximum Gasteiger partial charge on any atom is 0.165 e. The summed E-state index contributed by atoms with van der Waals surface area (Å²) >= 11 is 5.83. The third-order valence-corrected chi connectivity index (χ3v) is 3.00. The molecule has 2 rings (SSSR count). The van der Waals surface area contributed by atoms with Gasteiger partial charge in [-0.2, -0.15) is 0 Å². The fourth-order valence-electron chi connectivity index (χ4n) is 1.72. The van der Waals surface area contributed by atoms with Gasteiger partial charge in [-0.15, -0.1) is 0 Å². The van der Waals surface area contributed by atoms with E-state index in [1.807, 2.05) is 0 Å². The molecule has 1 unspecified atom stereocenters. The molecule has 2 aromatic rings. The van der Waals surface area contributed by atoms with Crippen molar-refractivity contribution >= 4 is 11.6 Å². The fraction of sp³-hybridized carbons (Fsp3) is 0.200. The van der Waals surface area contributed by atoms with Gasteiger partial charge in [0.15, 0.2) is 11.6 Å². The summed E-state index contributed by atoms with van der Waals surface area (Å²) in [5.41, 5.74) is 0.422. The van der Waals surface area contributed by atoms with Crippen molar-refractivity contribution < 1.29 is 19.0 Å². The lowest BCUT2D eigenvalue weighted by Crippen LogP contribution is -2.10. The van der Waals surface area contributed by atoms with Gasteiger partial charge in [0.2, 0.25) is 0 Å². The summed E-state index contributed by atoms with van der Waals surface area (Å²) in [6.45, 7) is 0.00606. The number of hydrogen-bond acceptors (Lipinski definition) is 3. The summed E-state index contributed by atoms with van der Waals surface area (Å²) < 4.78 is 23.8. The molecule has 0 fully saturated rings. The zero-order valence-corrected chi connectivity index (χ0v) is 11.6. The van der Waals surface area contributed by atoms with Gasteiger partial charge < -0.3 is 14.6 Å². The summed E-state index contributed by atoms with van der Waals surface area (Å²) in [5.74, 6) is 0.161. The van der Waals surface area contributed by atoms with Crippen molar-refractivity contribution in [2.24, 2.45) is 0 Å². The third-order valence-electron chi connectivity index (χ3n) is 2.76. The average Bonchev–Trinajstić information content (AvgIpc) is 2.44. The number of methoxy groups -OCH3 is 1. The molecule has 1 atom stereocenters. The van der Waals surface area contributed by atoms with Gasteiger partial charge in [0.05, 0.1) is 7.11 Å². The largest absolute Gasteiger partial charge is 0.494 e. The maximum absolute atomic E-state index is 13.5. The summed E-state index contributed by atoms with van der Waals surface area (Å²) in [4.78, 5) is 0. The molecule has 106 valence electrons. The highest BCUT2D eigenvalue weighted by molar-refractivity contribution is 6.30. The van der Waals surface area contributed by atoms with E-state index in [-0.39, 0.29) is 12.4 Å². The van der Waals surface area contributed by atoms with Gasteiger partial charge in [-0.05, 0) is 35.9 Å². The summed E-state index contributed by atoms with van der Waals surface area (Å²) in [6, 6.07) is 11.1. The smallest absolute Gasteiger partial charge is 0.165 e. The molecule has 5 heteroatoms. The Hall–Kier alpha value is -1.78. The molecule has 3 nitrogen and oxygen atoms in total. The predicted octanol–water partition coefficient (Wildman–Crippen LogP) is 3.60. The molecule has 20 heavy (non-hydrogen) atoms. The molecule has 0 aliphatic heterocycles. The Kier molecular flexibility index (Phi) is 4.82. The molecular weight excluding hydrogens is 283 g/mol. The van der Waals surface area contributed by atoms with E-state index in [9.17, 15) is 9.50 Å². The van der Waals surface area contributed by atoms with Gasteiger partial charge in [0.1, 0.15) is 18.5 Å². The van der Waals surface area contributed by atoms with E-state index < -0.39 is 11.9 Å². The average molecular weight is 297 g/mol. The number of halogens is 2. The third kappa shape index (κ3) is 3.62.